The minimum Gasteiger partial charge on any atom is -0.415 e. The Morgan fingerprint density at radius 2 is 1.84 bits per heavy atom. The Kier molecular flexibility index (Phi) is 5.06. The first-order valence-electron chi connectivity index (χ1n) is 7.68. The Labute approximate surface area is 154 Å². The molecule has 0 saturated heterocycles. The number of thiophene rings is 1. The van der Waals surface area contributed by atoms with Gasteiger partial charge in [-0.25, -0.2) is 0 Å². The van der Waals surface area contributed by atoms with Gasteiger partial charge < -0.3 is 9.30 Å². The molecule has 0 bridgehead atoms. The fourth-order valence-corrected chi connectivity index (χ4v) is 3.51. The van der Waals surface area contributed by atoms with Gasteiger partial charge in [0, 0.05) is 22.6 Å². The molecule has 2 heterocycles. The van der Waals surface area contributed by atoms with Gasteiger partial charge in [-0.2, -0.15) is 0 Å². The lowest BCUT2D eigenvalue weighted by atomic mass is 10.1. The van der Waals surface area contributed by atoms with Crippen molar-refractivity contribution in [1.82, 2.24) is 4.57 Å². The number of carbonyl (C=O) groups is 2. The summed E-state index contributed by atoms with van der Waals surface area (Å²) in [4.78, 5) is 24.2. The maximum Gasteiger partial charge on any atom is 0.319 e. The van der Waals surface area contributed by atoms with Gasteiger partial charge in [0.1, 0.15) is 6.42 Å². The highest BCUT2D eigenvalue weighted by Crippen LogP contribution is 2.25. The van der Waals surface area contributed by atoms with Crippen molar-refractivity contribution in [2.45, 2.75) is 20.3 Å². The number of nitrogens with zero attached hydrogens (tertiary/aromatic N) is 1. The summed E-state index contributed by atoms with van der Waals surface area (Å²) in [6.07, 6.45) is -0.349. The fourth-order valence-electron chi connectivity index (χ4n) is 2.64. The maximum absolute atomic E-state index is 12.3. The molecule has 0 amide bonds. The summed E-state index contributed by atoms with van der Waals surface area (Å²) in [5.74, 6) is -0.955. The van der Waals surface area contributed by atoms with E-state index in [1.54, 1.807) is 29.6 Å². The van der Waals surface area contributed by atoms with Gasteiger partial charge in [-0.15, -0.1) is 11.3 Å². The Balaban J connectivity index is 1.76. The van der Waals surface area contributed by atoms with E-state index in [1.165, 1.54) is 11.3 Å². The second kappa shape index (κ2) is 7.25. The Morgan fingerprint density at radius 1 is 1.12 bits per heavy atom. The van der Waals surface area contributed by atoms with Gasteiger partial charge in [-0.3, -0.25) is 9.59 Å². The normalized spacial score (nSPS) is 10.7. The lowest BCUT2D eigenvalue weighted by molar-refractivity contribution is -0.133. The van der Waals surface area contributed by atoms with E-state index in [0.29, 0.717) is 15.6 Å². The van der Waals surface area contributed by atoms with Crippen LogP contribution in [-0.4, -0.2) is 16.3 Å². The molecular weight excluding hydrogens is 358 g/mol. The number of aromatic nitrogens is 1. The number of ether oxygens (including phenoxy) is 1. The van der Waals surface area contributed by atoms with Gasteiger partial charge in [0.25, 0.3) is 0 Å². The zero-order chi connectivity index (χ0) is 18.0. The molecule has 0 saturated carbocycles. The van der Waals surface area contributed by atoms with Crippen LogP contribution < -0.4 is 4.74 Å². The summed E-state index contributed by atoms with van der Waals surface area (Å²) in [7, 11) is 0. The van der Waals surface area contributed by atoms with Crippen LogP contribution in [0.15, 0.2) is 47.8 Å². The van der Waals surface area contributed by atoms with Crippen LogP contribution >= 0.6 is 22.9 Å². The number of carbonyl (C=O) groups excluding carboxylic acids is 2. The predicted octanol–water partition coefficient (Wildman–Crippen LogP) is 4.99. The fraction of sp³-hybridized carbons (Fsp3) is 0.158. The molecule has 0 aliphatic carbocycles. The SMILES string of the molecule is Cc1ccc(C)n1-c1ccc(C(=O)CC(=O)Oc2cccs2)c(Cl)c1. The Bertz CT molecular complexity index is 909. The van der Waals surface area contributed by atoms with E-state index in [1.807, 2.05) is 36.6 Å². The first-order valence-corrected chi connectivity index (χ1v) is 8.93. The molecule has 1 aromatic carbocycles. The summed E-state index contributed by atoms with van der Waals surface area (Å²) >= 11 is 7.59. The average molecular weight is 374 g/mol. The van der Waals surface area contributed by atoms with Crippen molar-refractivity contribution in [2.75, 3.05) is 0 Å². The Hall–Kier alpha value is -2.37. The predicted molar refractivity (Wildman–Crippen MR) is 99.2 cm³/mol. The molecule has 0 spiro atoms. The number of halogens is 1. The average Bonchev–Trinajstić information content (AvgIpc) is 3.17. The van der Waals surface area contributed by atoms with Crippen LogP contribution in [0.3, 0.4) is 0 Å². The molecule has 2 aromatic heterocycles. The van der Waals surface area contributed by atoms with E-state index in [-0.39, 0.29) is 12.2 Å². The zero-order valence-corrected chi connectivity index (χ0v) is 15.4. The third-order valence-corrected chi connectivity index (χ3v) is 4.85. The first-order chi connectivity index (χ1) is 12.0. The largest absolute Gasteiger partial charge is 0.415 e. The van der Waals surface area contributed by atoms with Crippen molar-refractivity contribution in [2.24, 2.45) is 0 Å². The Morgan fingerprint density at radius 3 is 2.44 bits per heavy atom. The van der Waals surface area contributed by atoms with E-state index in [2.05, 4.69) is 0 Å². The van der Waals surface area contributed by atoms with Crippen LogP contribution in [0.4, 0.5) is 0 Å². The van der Waals surface area contributed by atoms with Crippen molar-refractivity contribution in [3.63, 3.8) is 0 Å². The van der Waals surface area contributed by atoms with Crippen LogP contribution in [0.1, 0.15) is 28.2 Å². The summed E-state index contributed by atoms with van der Waals surface area (Å²) < 4.78 is 7.16. The van der Waals surface area contributed by atoms with Gasteiger partial charge in [0.15, 0.2) is 10.8 Å². The third-order valence-electron chi connectivity index (χ3n) is 3.80. The van der Waals surface area contributed by atoms with E-state index >= 15 is 0 Å². The van der Waals surface area contributed by atoms with Crippen molar-refractivity contribution < 1.29 is 14.3 Å². The lowest BCUT2D eigenvalue weighted by Crippen LogP contribution is -2.14. The van der Waals surface area contributed by atoms with E-state index in [4.69, 9.17) is 16.3 Å². The summed E-state index contributed by atoms with van der Waals surface area (Å²) in [6, 6.07) is 12.7. The molecule has 6 heteroatoms. The molecule has 0 aliphatic heterocycles. The molecular formula is C19H16ClNO3S. The van der Waals surface area contributed by atoms with Crippen molar-refractivity contribution in [1.29, 1.82) is 0 Å². The highest BCUT2D eigenvalue weighted by atomic mass is 35.5. The van der Waals surface area contributed by atoms with Crippen LogP contribution in [-0.2, 0) is 4.79 Å². The molecule has 3 rings (SSSR count). The number of esters is 1. The van der Waals surface area contributed by atoms with Gasteiger partial charge >= 0.3 is 5.97 Å². The number of Topliss-reactive ketones (excluding diaryl/α,β-unsaturated/α-hetero) is 1. The lowest BCUT2D eigenvalue weighted by Gasteiger charge is -2.11. The van der Waals surface area contributed by atoms with E-state index in [9.17, 15) is 9.59 Å². The van der Waals surface area contributed by atoms with Crippen LogP contribution in [0.2, 0.25) is 5.02 Å². The van der Waals surface area contributed by atoms with Gasteiger partial charge in [-0.05, 0) is 61.7 Å². The second-order valence-electron chi connectivity index (χ2n) is 5.62. The summed E-state index contributed by atoms with van der Waals surface area (Å²) in [6.45, 7) is 4.00. The third kappa shape index (κ3) is 3.83. The number of hydrogen-bond acceptors (Lipinski definition) is 4. The molecule has 128 valence electrons. The van der Waals surface area contributed by atoms with Crippen LogP contribution in [0.5, 0.6) is 5.06 Å². The van der Waals surface area contributed by atoms with Crippen molar-refractivity contribution in [3.05, 3.63) is 69.8 Å². The summed E-state index contributed by atoms with van der Waals surface area (Å²) in [5.41, 5.74) is 3.35. The molecule has 0 atom stereocenters. The number of aryl methyl sites for hydroxylation is 2. The minimum absolute atomic E-state index is 0.316. The topological polar surface area (TPSA) is 48.3 Å². The molecule has 0 N–H and O–H groups in total. The molecule has 4 nitrogen and oxygen atoms in total. The minimum atomic E-state index is -0.593. The number of rotatable bonds is 5. The molecule has 0 aliphatic rings. The molecule has 3 aromatic rings. The van der Waals surface area contributed by atoms with E-state index in [0.717, 1.165) is 17.1 Å². The van der Waals surface area contributed by atoms with Crippen molar-refractivity contribution in [3.8, 4) is 10.8 Å². The molecule has 25 heavy (non-hydrogen) atoms. The maximum atomic E-state index is 12.3. The smallest absolute Gasteiger partial charge is 0.319 e. The van der Waals surface area contributed by atoms with Crippen LogP contribution in [0, 0.1) is 13.8 Å². The molecule has 0 fully saturated rings. The number of ketones is 1. The zero-order valence-electron chi connectivity index (χ0n) is 13.8. The van der Waals surface area contributed by atoms with Crippen LogP contribution in [0.25, 0.3) is 5.69 Å². The molecule has 0 unspecified atom stereocenters. The monoisotopic (exact) mass is 373 g/mol. The first kappa shape index (κ1) is 17.5. The highest BCUT2D eigenvalue weighted by Gasteiger charge is 2.17. The highest BCUT2D eigenvalue weighted by molar-refractivity contribution is 7.11. The quantitative estimate of drug-likeness (QED) is 0.359. The van der Waals surface area contributed by atoms with E-state index < -0.39 is 5.97 Å². The van der Waals surface area contributed by atoms with Gasteiger partial charge in [0.2, 0.25) is 0 Å². The molecule has 0 radical (unpaired) electrons. The number of benzene rings is 1. The standard InChI is InChI=1S/C19H16ClNO3S/c1-12-5-6-13(2)21(12)14-7-8-15(16(20)10-14)17(22)11-18(23)24-19-4-3-9-25-19/h3-10H,11H2,1-2H3. The van der Waals surface area contributed by atoms with Gasteiger partial charge in [-0.1, -0.05) is 11.6 Å². The number of hydrogen-bond donors (Lipinski definition) is 0. The van der Waals surface area contributed by atoms with Crippen molar-refractivity contribution >= 4 is 34.7 Å². The summed E-state index contributed by atoms with van der Waals surface area (Å²) in [5, 5.41) is 2.59. The second-order valence-corrected chi connectivity index (χ2v) is 6.94. The van der Waals surface area contributed by atoms with Gasteiger partial charge in [0.05, 0.1) is 5.02 Å².